The second kappa shape index (κ2) is 9.43. The van der Waals surface area contributed by atoms with Crippen molar-refractivity contribution in [2.24, 2.45) is 4.99 Å². The van der Waals surface area contributed by atoms with Crippen molar-refractivity contribution < 1.29 is 0 Å². The molecule has 0 aliphatic heterocycles. The predicted octanol–water partition coefficient (Wildman–Crippen LogP) is 3.34. The molecule has 0 unspecified atom stereocenters. The van der Waals surface area contributed by atoms with Crippen LogP contribution in [0.4, 0.5) is 0 Å². The summed E-state index contributed by atoms with van der Waals surface area (Å²) in [6, 6.07) is 5.46. The van der Waals surface area contributed by atoms with Gasteiger partial charge in [-0.3, -0.25) is 0 Å². The molecule has 0 bridgehead atoms. The van der Waals surface area contributed by atoms with E-state index in [1.54, 1.807) is 12.3 Å². The highest BCUT2D eigenvalue weighted by molar-refractivity contribution is 6.35. The van der Waals surface area contributed by atoms with Gasteiger partial charge in [0, 0.05) is 42.1 Å². The summed E-state index contributed by atoms with van der Waals surface area (Å²) in [6.45, 7) is 5.11. The van der Waals surface area contributed by atoms with E-state index in [9.17, 15) is 0 Å². The molecule has 1 aromatic heterocycles. The van der Waals surface area contributed by atoms with E-state index < -0.39 is 0 Å². The summed E-state index contributed by atoms with van der Waals surface area (Å²) in [6.07, 6.45) is 6.56. The molecule has 0 spiro atoms. The first-order valence-corrected chi connectivity index (χ1v) is 8.36. The lowest BCUT2D eigenvalue weighted by molar-refractivity contribution is 0.624. The largest absolute Gasteiger partial charge is 0.357 e. The van der Waals surface area contributed by atoms with Crippen molar-refractivity contribution in [3.63, 3.8) is 0 Å². The van der Waals surface area contributed by atoms with E-state index in [4.69, 9.17) is 23.2 Å². The molecule has 0 saturated carbocycles. The number of hydrogen-bond donors (Lipinski definition) is 2. The first kappa shape index (κ1) is 17.6. The Hall–Kier alpha value is -1.72. The third-order valence-electron chi connectivity index (χ3n) is 3.21. The molecule has 1 aromatic carbocycles. The van der Waals surface area contributed by atoms with Crippen LogP contribution in [0, 0.1) is 0 Å². The third kappa shape index (κ3) is 6.12. The van der Waals surface area contributed by atoms with Crippen LogP contribution >= 0.6 is 23.2 Å². The summed E-state index contributed by atoms with van der Waals surface area (Å²) in [5.41, 5.74) is 0.951. The summed E-state index contributed by atoms with van der Waals surface area (Å²) in [7, 11) is 0. The number of halogens is 2. The van der Waals surface area contributed by atoms with Gasteiger partial charge in [0.2, 0.25) is 0 Å². The summed E-state index contributed by atoms with van der Waals surface area (Å²) in [5.74, 6) is 0.782. The minimum absolute atomic E-state index is 0.507. The summed E-state index contributed by atoms with van der Waals surface area (Å²) < 4.78 is 2.05. The molecule has 2 N–H and O–H groups in total. The molecule has 0 aliphatic carbocycles. The van der Waals surface area contributed by atoms with E-state index in [0.29, 0.717) is 16.6 Å². The minimum Gasteiger partial charge on any atom is -0.357 e. The molecule has 23 heavy (non-hydrogen) atoms. The number of guanidine groups is 1. The van der Waals surface area contributed by atoms with Gasteiger partial charge in [-0.25, -0.2) is 9.98 Å². The van der Waals surface area contributed by atoms with E-state index >= 15 is 0 Å². The lowest BCUT2D eigenvalue weighted by Gasteiger charge is -2.11. The predicted molar refractivity (Wildman–Crippen MR) is 96.1 cm³/mol. The van der Waals surface area contributed by atoms with E-state index in [0.717, 1.165) is 37.6 Å². The Labute approximate surface area is 146 Å². The molecule has 0 fully saturated rings. The lowest BCUT2D eigenvalue weighted by Crippen LogP contribution is -2.38. The molecule has 0 amide bonds. The second-order valence-electron chi connectivity index (χ2n) is 5.01. The Morgan fingerprint density at radius 2 is 2.17 bits per heavy atom. The standard InChI is InChI=1S/C16H21Cl2N5/c1-2-20-16(21-6-3-8-23-9-7-19-12-23)22-11-13-4-5-14(17)10-15(13)18/h4-5,7,9-10,12H,2-3,6,8,11H2,1H3,(H2,20,21,22). The van der Waals surface area contributed by atoms with Crippen LogP contribution in [0.2, 0.25) is 10.0 Å². The molecule has 124 valence electrons. The molecule has 2 aromatic rings. The zero-order valence-electron chi connectivity index (χ0n) is 13.1. The number of aryl methyl sites for hydroxylation is 1. The molecule has 1 heterocycles. The highest BCUT2D eigenvalue weighted by Crippen LogP contribution is 2.21. The molecule has 5 nitrogen and oxygen atoms in total. The molecular weight excluding hydrogens is 333 g/mol. The van der Waals surface area contributed by atoms with Gasteiger partial charge in [-0.05, 0) is 31.0 Å². The Kier molecular flexibility index (Phi) is 7.23. The maximum absolute atomic E-state index is 6.17. The lowest BCUT2D eigenvalue weighted by atomic mass is 10.2. The molecular formula is C16H21Cl2N5. The van der Waals surface area contributed by atoms with Gasteiger partial charge in [-0.2, -0.15) is 0 Å². The number of nitrogens with zero attached hydrogens (tertiary/aromatic N) is 3. The van der Waals surface area contributed by atoms with Gasteiger partial charge >= 0.3 is 0 Å². The average molecular weight is 354 g/mol. The Balaban J connectivity index is 1.84. The van der Waals surface area contributed by atoms with Crippen LogP contribution in [0.1, 0.15) is 18.9 Å². The van der Waals surface area contributed by atoms with Crippen LogP contribution in [-0.2, 0) is 13.1 Å². The van der Waals surface area contributed by atoms with Crippen LogP contribution in [0.3, 0.4) is 0 Å². The van der Waals surface area contributed by atoms with Crippen LogP contribution < -0.4 is 10.6 Å². The molecule has 0 radical (unpaired) electrons. The maximum atomic E-state index is 6.17. The Morgan fingerprint density at radius 1 is 1.30 bits per heavy atom. The van der Waals surface area contributed by atoms with Crippen molar-refractivity contribution in [1.82, 2.24) is 20.2 Å². The van der Waals surface area contributed by atoms with Crippen molar-refractivity contribution in [2.75, 3.05) is 13.1 Å². The van der Waals surface area contributed by atoms with Gasteiger partial charge in [0.1, 0.15) is 0 Å². The van der Waals surface area contributed by atoms with Gasteiger partial charge in [0.25, 0.3) is 0 Å². The van der Waals surface area contributed by atoms with Gasteiger partial charge in [0.05, 0.1) is 12.9 Å². The smallest absolute Gasteiger partial charge is 0.191 e. The van der Waals surface area contributed by atoms with E-state index in [1.165, 1.54) is 0 Å². The van der Waals surface area contributed by atoms with Gasteiger partial charge in [0.15, 0.2) is 5.96 Å². The Bertz CT molecular complexity index is 625. The first-order valence-electron chi connectivity index (χ1n) is 7.61. The van der Waals surface area contributed by atoms with Crippen molar-refractivity contribution in [1.29, 1.82) is 0 Å². The first-order chi connectivity index (χ1) is 11.2. The fraction of sp³-hybridized carbons (Fsp3) is 0.375. The summed E-state index contributed by atoms with van der Waals surface area (Å²) >= 11 is 12.1. The fourth-order valence-corrected chi connectivity index (χ4v) is 2.51. The van der Waals surface area contributed by atoms with Gasteiger partial charge in [-0.1, -0.05) is 29.3 Å². The number of hydrogen-bond acceptors (Lipinski definition) is 2. The normalized spacial score (nSPS) is 11.5. The molecule has 2 rings (SSSR count). The SMILES string of the molecule is CCNC(=NCc1ccc(Cl)cc1Cl)NCCCn1ccnc1. The maximum Gasteiger partial charge on any atom is 0.191 e. The molecule has 0 atom stereocenters. The topological polar surface area (TPSA) is 54.2 Å². The van der Waals surface area contributed by atoms with Crippen molar-refractivity contribution in [3.8, 4) is 0 Å². The number of nitrogens with one attached hydrogen (secondary N) is 2. The van der Waals surface area contributed by atoms with Crippen molar-refractivity contribution in [2.45, 2.75) is 26.4 Å². The fourth-order valence-electron chi connectivity index (χ4n) is 2.04. The number of aliphatic imine (C=N–C) groups is 1. The highest BCUT2D eigenvalue weighted by atomic mass is 35.5. The van der Waals surface area contributed by atoms with Crippen LogP contribution in [0.25, 0.3) is 0 Å². The number of benzene rings is 1. The third-order valence-corrected chi connectivity index (χ3v) is 3.80. The van der Waals surface area contributed by atoms with Crippen LogP contribution in [0.5, 0.6) is 0 Å². The molecule has 7 heteroatoms. The van der Waals surface area contributed by atoms with Gasteiger partial charge < -0.3 is 15.2 Å². The average Bonchev–Trinajstić information content (AvgIpc) is 3.03. The summed E-state index contributed by atoms with van der Waals surface area (Å²) in [5, 5.41) is 7.82. The van der Waals surface area contributed by atoms with Crippen LogP contribution in [-0.4, -0.2) is 28.6 Å². The zero-order valence-corrected chi connectivity index (χ0v) is 14.6. The molecule has 0 saturated heterocycles. The summed E-state index contributed by atoms with van der Waals surface area (Å²) in [4.78, 5) is 8.58. The zero-order chi connectivity index (χ0) is 16.5. The number of rotatable bonds is 7. The number of aromatic nitrogens is 2. The Morgan fingerprint density at radius 3 is 2.87 bits per heavy atom. The molecule has 0 aliphatic rings. The quantitative estimate of drug-likeness (QED) is 0.456. The highest BCUT2D eigenvalue weighted by Gasteiger charge is 2.02. The monoisotopic (exact) mass is 353 g/mol. The van der Waals surface area contributed by atoms with E-state index in [1.807, 2.05) is 31.6 Å². The van der Waals surface area contributed by atoms with Crippen LogP contribution in [0.15, 0.2) is 41.9 Å². The second-order valence-corrected chi connectivity index (χ2v) is 5.86. The minimum atomic E-state index is 0.507. The van der Waals surface area contributed by atoms with Gasteiger partial charge in [-0.15, -0.1) is 0 Å². The van der Waals surface area contributed by atoms with Crippen molar-refractivity contribution >= 4 is 29.2 Å². The van der Waals surface area contributed by atoms with Crippen molar-refractivity contribution in [3.05, 3.63) is 52.5 Å². The van der Waals surface area contributed by atoms with E-state index in [-0.39, 0.29) is 0 Å². The number of imidazole rings is 1. The van der Waals surface area contributed by atoms with E-state index in [2.05, 4.69) is 25.2 Å².